The van der Waals surface area contributed by atoms with Crippen LogP contribution in [0, 0.1) is 6.92 Å². The fourth-order valence-electron chi connectivity index (χ4n) is 1.47. The third kappa shape index (κ3) is 3.40. The Hall–Kier alpha value is -0.730. The van der Waals surface area contributed by atoms with E-state index in [-0.39, 0.29) is 0 Å². The minimum Gasteiger partial charge on any atom is -0.494 e. The normalized spacial score (nSPS) is 10.4. The van der Waals surface area contributed by atoms with Crippen molar-refractivity contribution in [3.63, 3.8) is 0 Å². The summed E-state index contributed by atoms with van der Waals surface area (Å²) in [6.07, 6.45) is 1.88. The lowest BCUT2D eigenvalue weighted by atomic mass is 10.1. The molecule has 1 rings (SSSR count). The summed E-state index contributed by atoms with van der Waals surface area (Å²) >= 11 is 6.08. The lowest BCUT2D eigenvalue weighted by molar-refractivity contribution is 0.336. The summed E-state index contributed by atoms with van der Waals surface area (Å²) in [6.45, 7) is 5.34. The maximum Gasteiger partial charge on any atom is 0.122 e. The third-order valence-electron chi connectivity index (χ3n) is 2.29. The predicted octanol–water partition coefficient (Wildman–Crippen LogP) is 2.94. The van der Waals surface area contributed by atoms with Crippen molar-refractivity contribution in [2.24, 2.45) is 5.73 Å². The van der Waals surface area contributed by atoms with Gasteiger partial charge in [-0.2, -0.15) is 0 Å². The molecule has 0 heterocycles. The molecule has 0 aliphatic rings. The van der Waals surface area contributed by atoms with Crippen molar-refractivity contribution < 1.29 is 4.74 Å². The van der Waals surface area contributed by atoms with E-state index in [9.17, 15) is 0 Å². The van der Waals surface area contributed by atoms with Crippen molar-refractivity contribution >= 4 is 11.6 Å². The van der Waals surface area contributed by atoms with Gasteiger partial charge >= 0.3 is 0 Å². The van der Waals surface area contributed by atoms with Gasteiger partial charge in [0.2, 0.25) is 0 Å². The zero-order valence-electron chi connectivity index (χ0n) is 9.35. The number of nitrogens with two attached hydrogens (primary N) is 1. The van der Waals surface area contributed by atoms with E-state index in [1.54, 1.807) is 0 Å². The summed E-state index contributed by atoms with van der Waals surface area (Å²) in [5, 5.41) is 0.797. The van der Waals surface area contributed by atoms with E-state index in [0.29, 0.717) is 13.2 Å². The molecular formula is C12H18ClNO. The summed E-state index contributed by atoms with van der Waals surface area (Å²) in [4.78, 5) is 0. The monoisotopic (exact) mass is 227 g/mol. The quantitative estimate of drug-likeness (QED) is 0.840. The van der Waals surface area contributed by atoms with Gasteiger partial charge in [-0.15, -0.1) is 0 Å². The zero-order chi connectivity index (χ0) is 11.3. The SMILES string of the molecule is CCOc1cc(C)c(Cl)cc1CCCN. The molecule has 15 heavy (non-hydrogen) atoms. The predicted molar refractivity (Wildman–Crippen MR) is 64.7 cm³/mol. The first-order valence-electron chi connectivity index (χ1n) is 5.31. The van der Waals surface area contributed by atoms with Gasteiger partial charge < -0.3 is 10.5 Å². The number of ether oxygens (including phenoxy) is 1. The molecule has 84 valence electrons. The molecule has 0 unspecified atom stereocenters. The van der Waals surface area contributed by atoms with Crippen molar-refractivity contribution in [2.45, 2.75) is 26.7 Å². The fraction of sp³-hybridized carbons (Fsp3) is 0.500. The van der Waals surface area contributed by atoms with E-state index in [2.05, 4.69) is 0 Å². The molecule has 0 fully saturated rings. The second kappa shape index (κ2) is 5.99. The van der Waals surface area contributed by atoms with Crippen LogP contribution in [0.3, 0.4) is 0 Å². The zero-order valence-corrected chi connectivity index (χ0v) is 10.1. The summed E-state index contributed by atoms with van der Waals surface area (Å²) in [6, 6.07) is 3.98. The van der Waals surface area contributed by atoms with Crippen molar-refractivity contribution in [3.05, 3.63) is 28.3 Å². The molecule has 1 aromatic rings. The molecule has 0 spiro atoms. The highest BCUT2D eigenvalue weighted by atomic mass is 35.5. The Morgan fingerprint density at radius 2 is 2.13 bits per heavy atom. The van der Waals surface area contributed by atoms with Gasteiger partial charge in [-0.3, -0.25) is 0 Å². The maximum atomic E-state index is 6.08. The molecule has 0 saturated carbocycles. The van der Waals surface area contributed by atoms with Crippen LogP contribution in [0.15, 0.2) is 12.1 Å². The molecule has 0 aliphatic carbocycles. The van der Waals surface area contributed by atoms with Crippen LogP contribution in [0.4, 0.5) is 0 Å². The Morgan fingerprint density at radius 3 is 2.73 bits per heavy atom. The van der Waals surface area contributed by atoms with E-state index in [1.807, 2.05) is 26.0 Å². The summed E-state index contributed by atoms with van der Waals surface area (Å²) in [5.41, 5.74) is 7.70. The van der Waals surface area contributed by atoms with Crippen molar-refractivity contribution in [2.75, 3.05) is 13.2 Å². The Kier molecular flexibility index (Phi) is 4.92. The largest absolute Gasteiger partial charge is 0.494 e. The minimum atomic E-state index is 0.677. The molecule has 0 bridgehead atoms. The Labute approximate surface area is 96.4 Å². The van der Waals surface area contributed by atoms with Gasteiger partial charge in [-0.05, 0) is 56.5 Å². The van der Waals surface area contributed by atoms with E-state index in [0.717, 1.165) is 34.7 Å². The lowest BCUT2D eigenvalue weighted by Gasteiger charge is -2.12. The van der Waals surface area contributed by atoms with E-state index < -0.39 is 0 Å². The van der Waals surface area contributed by atoms with Gasteiger partial charge in [-0.25, -0.2) is 0 Å². The molecule has 2 N–H and O–H groups in total. The van der Waals surface area contributed by atoms with Crippen LogP contribution >= 0.6 is 11.6 Å². The number of hydrogen-bond acceptors (Lipinski definition) is 2. The highest BCUT2D eigenvalue weighted by Gasteiger charge is 2.06. The summed E-state index contributed by atoms with van der Waals surface area (Å²) < 4.78 is 5.57. The van der Waals surface area contributed by atoms with Crippen molar-refractivity contribution in [1.82, 2.24) is 0 Å². The number of hydrogen-bond donors (Lipinski definition) is 1. The Bertz CT molecular complexity index is 326. The molecule has 2 nitrogen and oxygen atoms in total. The topological polar surface area (TPSA) is 35.2 Å². The number of rotatable bonds is 5. The average Bonchev–Trinajstić information content (AvgIpc) is 2.21. The van der Waals surface area contributed by atoms with Gasteiger partial charge in [0.15, 0.2) is 0 Å². The molecule has 0 aromatic heterocycles. The highest BCUT2D eigenvalue weighted by Crippen LogP contribution is 2.27. The average molecular weight is 228 g/mol. The van der Waals surface area contributed by atoms with Gasteiger partial charge in [0.25, 0.3) is 0 Å². The van der Waals surface area contributed by atoms with Crippen LogP contribution in [0.1, 0.15) is 24.5 Å². The number of aryl methyl sites for hydroxylation is 2. The highest BCUT2D eigenvalue weighted by molar-refractivity contribution is 6.31. The smallest absolute Gasteiger partial charge is 0.122 e. The number of benzene rings is 1. The number of halogens is 1. The summed E-state index contributed by atoms with van der Waals surface area (Å²) in [7, 11) is 0. The first-order chi connectivity index (χ1) is 7.19. The van der Waals surface area contributed by atoms with Crippen LogP contribution in [-0.2, 0) is 6.42 Å². The van der Waals surface area contributed by atoms with E-state index in [1.165, 1.54) is 0 Å². The minimum absolute atomic E-state index is 0.677. The first kappa shape index (κ1) is 12.3. The van der Waals surface area contributed by atoms with Gasteiger partial charge in [0, 0.05) is 5.02 Å². The van der Waals surface area contributed by atoms with Gasteiger partial charge in [0.1, 0.15) is 5.75 Å². The molecule has 0 saturated heterocycles. The van der Waals surface area contributed by atoms with Crippen molar-refractivity contribution in [1.29, 1.82) is 0 Å². The van der Waals surface area contributed by atoms with Crippen LogP contribution in [-0.4, -0.2) is 13.2 Å². The molecule has 0 amide bonds. The van der Waals surface area contributed by atoms with Crippen LogP contribution in [0.2, 0.25) is 5.02 Å². The van der Waals surface area contributed by atoms with Crippen molar-refractivity contribution in [3.8, 4) is 5.75 Å². The van der Waals surface area contributed by atoms with Crippen LogP contribution in [0.5, 0.6) is 5.75 Å². The summed E-state index contributed by atoms with van der Waals surface area (Å²) in [5.74, 6) is 0.938. The lowest BCUT2D eigenvalue weighted by Crippen LogP contribution is -2.03. The van der Waals surface area contributed by atoms with Crippen LogP contribution in [0.25, 0.3) is 0 Å². The molecule has 3 heteroatoms. The fourth-order valence-corrected chi connectivity index (χ4v) is 1.66. The molecule has 0 aliphatic heterocycles. The van der Waals surface area contributed by atoms with E-state index >= 15 is 0 Å². The standard InChI is InChI=1S/C12H18ClNO/c1-3-15-12-7-9(2)11(13)8-10(12)5-4-6-14/h7-8H,3-6,14H2,1-2H3. The molecule has 1 aromatic carbocycles. The molecule has 0 radical (unpaired) electrons. The van der Waals surface area contributed by atoms with Gasteiger partial charge in [-0.1, -0.05) is 11.6 Å². The second-order valence-electron chi connectivity index (χ2n) is 3.53. The molecular weight excluding hydrogens is 210 g/mol. The Morgan fingerprint density at radius 1 is 1.40 bits per heavy atom. The second-order valence-corrected chi connectivity index (χ2v) is 3.94. The van der Waals surface area contributed by atoms with Gasteiger partial charge in [0.05, 0.1) is 6.61 Å². The third-order valence-corrected chi connectivity index (χ3v) is 2.70. The van der Waals surface area contributed by atoms with Crippen LogP contribution < -0.4 is 10.5 Å². The van der Waals surface area contributed by atoms with E-state index in [4.69, 9.17) is 22.1 Å². The maximum absolute atomic E-state index is 6.08. The first-order valence-corrected chi connectivity index (χ1v) is 5.68. The molecule has 0 atom stereocenters. The Balaban J connectivity index is 2.93.